The van der Waals surface area contributed by atoms with Crippen molar-refractivity contribution in [3.05, 3.63) is 12.7 Å². The van der Waals surface area contributed by atoms with E-state index < -0.39 is 17.3 Å². The number of primary amides is 1. The van der Waals surface area contributed by atoms with Crippen LogP contribution in [0.5, 0.6) is 0 Å². The van der Waals surface area contributed by atoms with Crippen LogP contribution < -0.4 is 40.4 Å². The Kier molecular flexibility index (Phi) is 3.50. The van der Waals surface area contributed by atoms with E-state index >= 15 is 0 Å². The molecule has 1 saturated carbocycles. The fourth-order valence-corrected chi connectivity index (χ4v) is 1.19. The molecule has 2 atom stereocenters. The molecule has 60 valence electrons. The minimum atomic E-state index is -1.46. The Labute approximate surface area is 92.1 Å². The van der Waals surface area contributed by atoms with E-state index in [1.807, 2.05) is 0 Å². The van der Waals surface area contributed by atoms with Crippen molar-refractivity contribution in [3.8, 4) is 0 Å². The first-order valence-electron chi connectivity index (χ1n) is 3.19. The van der Waals surface area contributed by atoms with Gasteiger partial charge >= 0.3 is 29.6 Å². The second-order valence-corrected chi connectivity index (χ2v) is 2.67. The predicted molar refractivity (Wildman–Crippen MR) is 34.9 cm³/mol. The standard InChI is InChI=1S/C7H9NO3.Na/c1-2-4-3-7(4,5(8)9)6(10)11;/h2,4H,1,3H2,(H2,8,9)(H,10,11);/q;+1/p-1/t4-,7+;/m1./s1. The van der Waals surface area contributed by atoms with Gasteiger partial charge in [-0.2, -0.15) is 0 Å². The number of hydrogen-bond acceptors (Lipinski definition) is 3. The number of carboxylic acid groups (broad SMARTS) is 1. The van der Waals surface area contributed by atoms with Gasteiger partial charge in [-0.1, -0.05) is 6.08 Å². The van der Waals surface area contributed by atoms with Gasteiger partial charge in [0.1, 0.15) is 0 Å². The van der Waals surface area contributed by atoms with E-state index in [2.05, 4.69) is 6.58 Å². The van der Waals surface area contributed by atoms with Crippen molar-refractivity contribution < 1.29 is 44.3 Å². The molecular formula is C7H8NNaO3. The van der Waals surface area contributed by atoms with Crippen molar-refractivity contribution in [1.29, 1.82) is 0 Å². The van der Waals surface area contributed by atoms with Crippen molar-refractivity contribution in [2.45, 2.75) is 6.42 Å². The summed E-state index contributed by atoms with van der Waals surface area (Å²) in [4.78, 5) is 21.1. The average molecular weight is 177 g/mol. The molecule has 12 heavy (non-hydrogen) atoms. The summed E-state index contributed by atoms with van der Waals surface area (Å²) in [6, 6.07) is 0. The van der Waals surface area contributed by atoms with Gasteiger partial charge < -0.3 is 15.6 Å². The van der Waals surface area contributed by atoms with Crippen LogP contribution in [-0.4, -0.2) is 11.9 Å². The van der Waals surface area contributed by atoms with E-state index in [4.69, 9.17) is 5.73 Å². The molecule has 4 nitrogen and oxygen atoms in total. The van der Waals surface area contributed by atoms with Crippen molar-refractivity contribution in [2.24, 2.45) is 17.1 Å². The number of carbonyl (C=O) groups is 2. The van der Waals surface area contributed by atoms with Crippen LogP contribution in [0.2, 0.25) is 0 Å². The van der Waals surface area contributed by atoms with Crippen LogP contribution in [0, 0.1) is 11.3 Å². The molecule has 0 aromatic heterocycles. The zero-order valence-electron chi connectivity index (χ0n) is 6.87. The Balaban J connectivity index is 0.00000121. The molecule has 0 spiro atoms. The molecular weight excluding hydrogens is 169 g/mol. The molecule has 0 heterocycles. The first kappa shape index (κ1) is 11.7. The van der Waals surface area contributed by atoms with Crippen molar-refractivity contribution in [1.82, 2.24) is 0 Å². The van der Waals surface area contributed by atoms with Crippen LogP contribution in [0.1, 0.15) is 6.42 Å². The molecule has 5 heteroatoms. The summed E-state index contributed by atoms with van der Waals surface area (Å²) in [6.07, 6.45) is 1.65. The van der Waals surface area contributed by atoms with Gasteiger partial charge in [0.25, 0.3) is 0 Å². The molecule has 0 radical (unpaired) electrons. The summed E-state index contributed by atoms with van der Waals surface area (Å²) in [5.41, 5.74) is 3.44. The van der Waals surface area contributed by atoms with Crippen LogP contribution in [0.3, 0.4) is 0 Å². The Hall–Kier alpha value is -0.320. The molecule has 0 unspecified atom stereocenters. The third kappa shape index (κ3) is 1.42. The molecule has 1 rings (SSSR count). The van der Waals surface area contributed by atoms with Crippen molar-refractivity contribution >= 4 is 11.9 Å². The number of carboxylic acids is 1. The van der Waals surface area contributed by atoms with Crippen molar-refractivity contribution in [2.75, 3.05) is 0 Å². The molecule has 2 N–H and O–H groups in total. The van der Waals surface area contributed by atoms with Gasteiger partial charge in [-0.05, 0) is 12.3 Å². The number of nitrogens with two attached hydrogens (primary N) is 1. The quantitative estimate of drug-likeness (QED) is 0.267. The number of allylic oxidation sites excluding steroid dienone is 1. The Bertz CT molecular complexity index is 225. The van der Waals surface area contributed by atoms with Gasteiger partial charge in [0.15, 0.2) is 0 Å². The summed E-state index contributed by atoms with van der Waals surface area (Å²) in [7, 11) is 0. The zero-order chi connectivity index (χ0) is 8.65. The minimum absolute atomic E-state index is 0. The normalized spacial score (nSPS) is 31.5. The Morgan fingerprint density at radius 2 is 2.17 bits per heavy atom. The molecule has 1 amide bonds. The van der Waals surface area contributed by atoms with Gasteiger partial charge in [-0.15, -0.1) is 6.58 Å². The van der Waals surface area contributed by atoms with E-state index in [1.54, 1.807) is 0 Å². The van der Waals surface area contributed by atoms with Crippen LogP contribution in [0.15, 0.2) is 12.7 Å². The van der Waals surface area contributed by atoms with Crippen LogP contribution >= 0.6 is 0 Å². The first-order valence-corrected chi connectivity index (χ1v) is 3.19. The van der Waals surface area contributed by atoms with Gasteiger partial charge in [0, 0.05) is 0 Å². The summed E-state index contributed by atoms with van der Waals surface area (Å²) in [6.45, 7) is 3.38. The summed E-state index contributed by atoms with van der Waals surface area (Å²) >= 11 is 0. The van der Waals surface area contributed by atoms with E-state index in [9.17, 15) is 14.7 Å². The summed E-state index contributed by atoms with van der Waals surface area (Å²) in [5.74, 6) is -2.57. The zero-order valence-corrected chi connectivity index (χ0v) is 8.87. The number of aliphatic carboxylic acids is 1. The van der Waals surface area contributed by atoms with Crippen LogP contribution in [0.4, 0.5) is 0 Å². The molecule has 1 aliphatic carbocycles. The maximum absolute atomic E-state index is 10.6. The second kappa shape index (κ2) is 3.60. The van der Waals surface area contributed by atoms with Gasteiger partial charge in [0.05, 0.1) is 11.4 Å². The second-order valence-electron chi connectivity index (χ2n) is 2.67. The molecule has 0 saturated heterocycles. The van der Waals surface area contributed by atoms with Gasteiger partial charge in [0.2, 0.25) is 5.91 Å². The third-order valence-electron chi connectivity index (χ3n) is 2.10. The maximum Gasteiger partial charge on any atom is 1.00 e. The summed E-state index contributed by atoms with van der Waals surface area (Å²) in [5, 5.41) is 10.4. The van der Waals surface area contributed by atoms with E-state index in [-0.39, 0.29) is 41.9 Å². The fraction of sp³-hybridized carbons (Fsp3) is 0.429. The maximum atomic E-state index is 10.6. The van der Waals surface area contributed by atoms with Gasteiger partial charge in [-0.3, -0.25) is 4.79 Å². The fourth-order valence-electron chi connectivity index (χ4n) is 1.19. The summed E-state index contributed by atoms with van der Waals surface area (Å²) < 4.78 is 0. The van der Waals surface area contributed by atoms with Crippen LogP contribution in [-0.2, 0) is 9.59 Å². The number of hydrogen-bond donors (Lipinski definition) is 1. The number of carbonyl (C=O) groups excluding carboxylic acids is 2. The number of amides is 1. The molecule has 0 aromatic carbocycles. The van der Waals surface area contributed by atoms with E-state index in [1.165, 1.54) is 6.08 Å². The monoisotopic (exact) mass is 177 g/mol. The van der Waals surface area contributed by atoms with Crippen LogP contribution in [0.25, 0.3) is 0 Å². The molecule has 0 aromatic rings. The third-order valence-corrected chi connectivity index (χ3v) is 2.10. The molecule has 1 fully saturated rings. The molecule has 0 aliphatic heterocycles. The van der Waals surface area contributed by atoms with E-state index in [0.29, 0.717) is 0 Å². The smallest absolute Gasteiger partial charge is 0.549 e. The topological polar surface area (TPSA) is 83.2 Å². The predicted octanol–water partition coefficient (Wildman–Crippen LogP) is -4.58. The van der Waals surface area contributed by atoms with E-state index in [0.717, 1.165) is 0 Å². The SMILES string of the molecule is C=C[C@@H]1C[C@]1(C(N)=O)C(=O)[O-].[Na+]. The molecule has 1 aliphatic rings. The molecule has 0 bridgehead atoms. The average Bonchev–Trinajstić information content (AvgIpc) is 2.61. The number of rotatable bonds is 3. The Morgan fingerprint density at radius 1 is 1.67 bits per heavy atom. The largest absolute Gasteiger partial charge is 1.00 e. The van der Waals surface area contributed by atoms with Crippen molar-refractivity contribution in [3.63, 3.8) is 0 Å². The minimum Gasteiger partial charge on any atom is -0.549 e. The Morgan fingerprint density at radius 3 is 2.25 bits per heavy atom. The van der Waals surface area contributed by atoms with Gasteiger partial charge in [-0.25, -0.2) is 0 Å². The first-order chi connectivity index (χ1) is 5.05.